The van der Waals surface area contributed by atoms with Gasteiger partial charge < -0.3 is 19.9 Å². The molecule has 0 bridgehead atoms. The molecule has 0 spiro atoms. The van der Waals surface area contributed by atoms with Crippen LogP contribution >= 0.6 is 0 Å². The number of rotatable bonds is 6. The van der Waals surface area contributed by atoms with E-state index in [0.29, 0.717) is 0 Å². The highest BCUT2D eigenvalue weighted by Gasteiger charge is 2.24. The zero-order valence-corrected chi connectivity index (χ0v) is 13.1. The number of carbonyl (C=O) groups is 1. The molecular weight excluding hydrogens is 270 g/mol. The van der Waals surface area contributed by atoms with E-state index in [4.69, 9.17) is 9.47 Å². The predicted molar refractivity (Wildman–Crippen MR) is 80.9 cm³/mol. The molecule has 0 aliphatic rings. The molecule has 1 rings (SSSR count). The molecule has 0 aliphatic heterocycles. The maximum Gasteiger partial charge on any atom is 0.407 e. The third-order valence-corrected chi connectivity index (χ3v) is 2.82. The fraction of sp³-hybridized carbons (Fsp3) is 0.562. The van der Waals surface area contributed by atoms with Crippen LogP contribution < -0.4 is 5.32 Å². The van der Waals surface area contributed by atoms with Gasteiger partial charge in [-0.3, -0.25) is 0 Å². The number of amides is 1. The zero-order chi connectivity index (χ0) is 15.9. The lowest BCUT2D eigenvalue weighted by molar-refractivity contribution is -0.0722. The SMILES string of the molecule is C[C@@H](OC(C)(C)C)[C@@H](CO)NC(=O)OCc1ccccc1. The first-order valence-corrected chi connectivity index (χ1v) is 7.07. The zero-order valence-electron chi connectivity index (χ0n) is 13.1. The van der Waals surface area contributed by atoms with E-state index >= 15 is 0 Å². The van der Waals surface area contributed by atoms with E-state index in [1.807, 2.05) is 58.0 Å². The van der Waals surface area contributed by atoms with Crippen molar-refractivity contribution in [2.75, 3.05) is 6.61 Å². The molecule has 0 saturated heterocycles. The molecule has 2 N–H and O–H groups in total. The summed E-state index contributed by atoms with van der Waals surface area (Å²) in [5.41, 5.74) is 0.565. The van der Waals surface area contributed by atoms with E-state index < -0.39 is 12.1 Å². The lowest BCUT2D eigenvalue weighted by atomic mass is 10.1. The number of aliphatic hydroxyl groups excluding tert-OH is 1. The highest BCUT2D eigenvalue weighted by atomic mass is 16.6. The van der Waals surface area contributed by atoms with E-state index in [9.17, 15) is 9.90 Å². The van der Waals surface area contributed by atoms with Gasteiger partial charge in [0, 0.05) is 0 Å². The molecule has 0 aromatic heterocycles. The minimum absolute atomic E-state index is 0.194. The molecule has 0 fully saturated rings. The Balaban J connectivity index is 2.43. The summed E-state index contributed by atoms with van der Waals surface area (Å²) in [6.07, 6.45) is -0.887. The van der Waals surface area contributed by atoms with Crippen LogP contribution in [0.15, 0.2) is 30.3 Å². The minimum Gasteiger partial charge on any atom is -0.445 e. The average Bonchev–Trinajstić information content (AvgIpc) is 2.41. The van der Waals surface area contributed by atoms with Crippen molar-refractivity contribution in [1.82, 2.24) is 5.32 Å². The van der Waals surface area contributed by atoms with Crippen LogP contribution in [0, 0.1) is 0 Å². The van der Waals surface area contributed by atoms with Gasteiger partial charge >= 0.3 is 6.09 Å². The van der Waals surface area contributed by atoms with E-state index in [0.717, 1.165) is 5.56 Å². The van der Waals surface area contributed by atoms with Crippen molar-refractivity contribution in [3.05, 3.63) is 35.9 Å². The maximum absolute atomic E-state index is 11.8. The third kappa shape index (κ3) is 7.11. The Kier molecular flexibility index (Phi) is 6.65. The number of hydrogen-bond donors (Lipinski definition) is 2. The predicted octanol–water partition coefficient (Wildman–Crippen LogP) is 2.48. The fourth-order valence-electron chi connectivity index (χ4n) is 1.87. The highest BCUT2D eigenvalue weighted by Crippen LogP contribution is 2.13. The molecule has 5 heteroatoms. The molecule has 2 atom stereocenters. The molecule has 21 heavy (non-hydrogen) atoms. The Morgan fingerprint density at radius 2 is 1.90 bits per heavy atom. The fourth-order valence-corrected chi connectivity index (χ4v) is 1.87. The van der Waals surface area contributed by atoms with E-state index in [1.54, 1.807) is 0 Å². The standard InChI is InChI=1S/C16H25NO4/c1-12(21-16(2,3)4)14(10-18)17-15(19)20-11-13-8-6-5-7-9-13/h5-9,12,14,18H,10-11H2,1-4H3,(H,17,19)/t12-,14-/m1/s1. The van der Waals surface area contributed by atoms with Gasteiger partial charge in [-0.15, -0.1) is 0 Å². The summed E-state index contributed by atoms with van der Waals surface area (Å²) < 4.78 is 10.8. The number of carbonyl (C=O) groups excluding carboxylic acids is 1. The second kappa shape index (κ2) is 8.00. The number of ether oxygens (including phenoxy) is 2. The minimum atomic E-state index is -0.567. The van der Waals surface area contributed by atoms with Gasteiger partial charge in [0.2, 0.25) is 0 Å². The van der Waals surface area contributed by atoms with Crippen molar-refractivity contribution in [1.29, 1.82) is 0 Å². The van der Waals surface area contributed by atoms with Crippen molar-refractivity contribution in [2.45, 2.75) is 52.0 Å². The first kappa shape index (κ1) is 17.5. The van der Waals surface area contributed by atoms with Gasteiger partial charge in [-0.1, -0.05) is 30.3 Å². The lowest BCUT2D eigenvalue weighted by Crippen LogP contribution is -2.48. The topological polar surface area (TPSA) is 67.8 Å². The number of hydrogen-bond acceptors (Lipinski definition) is 4. The van der Waals surface area contributed by atoms with Crippen LogP contribution in [-0.2, 0) is 16.1 Å². The van der Waals surface area contributed by atoms with Crippen molar-refractivity contribution in [3.63, 3.8) is 0 Å². The van der Waals surface area contributed by atoms with Crippen LogP contribution in [0.5, 0.6) is 0 Å². The van der Waals surface area contributed by atoms with Crippen LogP contribution in [0.4, 0.5) is 4.79 Å². The average molecular weight is 295 g/mol. The quantitative estimate of drug-likeness (QED) is 0.846. The van der Waals surface area contributed by atoms with E-state index in [2.05, 4.69) is 5.32 Å². The summed E-state index contributed by atoms with van der Waals surface area (Å²) in [7, 11) is 0. The molecule has 0 heterocycles. The number of nitrogens with one attached hydrogen (secondary N) is 1. The van der Waals surface area contributed by atoms with Crippen LogP contribution in [0.25, 0.3) is 0 Å². The maximum atomic E-state index is 11.8. The Morgan fingerprint density at radius 3 is 2.43 bits per heavy atom. The highest BCUT2D eigenvalue weighted by molar-refractivity contribution is 5.67. The normalized spacial score (nSPS) is 14.3. The molecule has 1 aromatic carbocycles. The molecule has 0 unspecified atom stereocenters. The summed E-state index contributed by atoms with van der Waals surface area (Å²) in [5, 5.41) is 12.0. The Labute approximate surface area is 126 Å². The summed E-state index contributed by atoms with van der Waals surface area (Å²) >= 11 is 0. The van der Waals surface area contributed by atoms with Gasteiger partial charge in [-0.05, 0) is 33.3 Å². The lowest BCUT2D eigenvalue weighted by Gasteiger charge is -2.30. The largest absolute Gasteiger partial charge is 0.445 e. The molecule has 0 aliphatic carbocycles. The molecule has 0 saturated carbocycles. The van der Waals surface area contributed by atoms with Crippen molar-refractivity contribution >= 4 is 6.09 Å². The van der Waals surface area contributed by atoms with Gasteiger partial charge in [0.05, 0.1) is 24.4 Å². The monoisotopic (exact) mass is 295 g/mol. The smallest absolute Gasteiger partial charge is 0.407 e. The number of alkyl carbamates (subject to hydrolysis) is 1. The Morgan fingerprint density at radius 1 is 1.29 bits per heavy atom. The second-order valence-corrected chi connectivity index (χ2v) is 5.93. The summed E-state index contributed by atoms with van der Waals surface area (Å²) in [5.74, 6) is 0. The molecule has 118 valence electrons. The second-order valence-electron chi connectivity index (χ2n) is 5.93. The van der Waals surface area contributed by atoms with Gasteiger partial charge in [0.15, 0.2) is 0 Å². The van der Waals surface area contributed by atoms with E-state index in [-0.39, 0.29) is 24.9 Å². The first-order valence-electron chi connectivity index (χ1n) is 7.07. The van der Waals surface area contributed by atoms with Crippen LogP contribution in [-0.4, -0.2) is 35.6 Å². The van der Waals surface area contributed by atoms with Crippen LogP contribution in [0.1, 0.15) is 33.3 Å². The van der Waals surface area contributed by atoms with Gasteiger partial charge in [0.1, 0.15) is 6.61 Å². The summed E-state index contributed by atoms with van der Waals surface area (Å²) in [6.45, 7) is 7.56. The van der Waals surface area contributed by atoms with Crippen molar-refractivity contribution in [3.8, 4) is 0 Å². The summed E-state index contributed by atoms with van der Waals surface area (Å²) in [4.78, 5) is 11.8. The van der Waals surface area contributed by atoms with Gasteiger partial charge in [-0.2, -0.15) is 0 Å². The van der Waals surface area contributed by atoms with Crippen molar-refractivity contribution < 1.29 is 19.4 Å². The molecular formula is C16H25NO4. The van der Waals surface area contributed by atoms with Crippen molar-refractivity contribution in [2.24, 2.45) is 0 Å². The molecule has 1 amide bonds. The third-order valence-electron chi connectivity index (χ3n) is 2.82. The molecule has 1 aromatic rings. The van der Waals surface area contributed by atoms with E-state index in [1.165, 1.54) is 0 Å². The van der Waals surface area contributed by atoms with Crippen LogP contribution in [0.3, 0.4) is 0 Å². The number of aliphatic hydroxyl groups is 1. The summed E-state index contributed by atoms with van der Waals surface area (Å²) in [6, 6.07) is 8.91. The molecule has 0 radical (unpaired) electrons. The van der Waals surface area contributed by atoms with Crippen LogP contribution in [0.2, 0.25) is 0 Å². The Hall–Kier alpha value is -1.59. The Bertz CT molecular complexity index is 428. The van der Waals surface area contributed by atoms with Gasteiger partial charge in [-0.25, -0.2) is 4.79 Å². The molecule has 5 nitrogen and oxygen atoms in total. The first-order chi connectivity index (χ1) is 9.81. The number of benzene rings is 1. The van der Waals surface area contributed by atoms with Gasteiger partial charge in [0.25, 0.3) is 0 Å².